The summed E-state index contributed by atoms with van der Waals surface area (Å²) >= 11 is 0. The van der Waals surface area contributed by atoms with Crippen LogP contribution >= 0.6 is 0 Å². The molecule has 2 rings (SSSR count). The number of nitrogens with zero attached hydrogens (tertiary/aromatic N) is 4. The van der Waals surface area contributed by atoms with Crippen molar-refractivity contribution in [3.8, 4) is 0 Å². The summed E-state index contributed by atoms with van der Waals surface area (Å²) in [6.45, 7) is 5.14. The predicted molar refractivity (Wildman–Crippen MR) is 237 cm³/mol. The second-order valence-corrected chi connectivity index (χ2v) is 17.8. The van der Waals surface area contributed by atoms with Crippen LogP contribution in [0.1, 0.15) is 194 Å². The number of amides is 6. The van der Waals surface area contributed by atoms with E-state index in [1.165, 1.54) is 99.7 Å². The lowest BCUT2D eigenvalue weighted by molar-refractivity contribution is -0.146. The van der Waals surface area contributed by atoms with E-state index >= 15 is 0 Å². The molecule has 59 heavy (non-hydrogen) atoms. The molecule has 2 aliphatic rings. The summed E-state index contributed by atoms with van der Waals surface area (Å²) in [5, 5.41) is 2.46. The van der Waals surface area contributed by atoms with Crippen molar-refractivity contribution in [3.63, 3.8) is 0 Å². The third-order valence-electron chi connectivity index (χ3n) is 12.7. The minimum Gasteiger partial charge on any atom is -0.368 e. The third-order valence-corrected chi connectivity index (χ3v) is 12.7. The van der Waals surface area contributed by atoms with Crippen LogP contribution in [0.2, 0.25) is 0 Å². The molecule has 0 saturated heterocycles. The van der Waals surface area contributed by atoms with Gasteiger partial charge in [-0.05, 0) is 37.5 Å². The van der Waals surface area contributed by atoms with Crippen LogP contribution in [-0.4, -0.2) is 114 Å². The first-order valence-electron chi connectivity index (χ1n) is 24.2. The fourth-order valence-electron chi connectivity index (χ4n) is 8.89. The second kappa shape index (κ2) is 33.5. The molecule has 2 aliphatic carbocycles. The number of unbranched alkanes of at least 4 members (excludes halogenated alkanes) is 14. The van der Waals surface area contributed by atoms with Gasteiger partial charge in [-0.1, -0.05) is 168 Å². The second-order valence-electron chi connectivity index (χ2n) is 17.8. The van der Waals surface area contributed by atoms with Crippen LogP contribution in [0.4, 0.5) is 0 Å². The van der Waals surface area contributed by atoms with Crippen molar-refractivity contribution in [2.75, 3.05) is 58.9 Å². The minimum atomic E-state index is -0.572. The third kappa shape index (κ3) is 24.6. The standard InChI is InChI=1S/C47H86N6O6/c1-3-5-7-9-11-13-15-23-31-50(44(56)35-49-40-54)37-47(59)53(34-30-42-27-21-18-22-28-42)39-45(57)51(32-24-16-14-12-10-8-6-4-2)38-46(58)52(36-43(48)55)33-29-41-25-19-17-20-26-41/h40-42H,3-39H2,1-2H3,(H2,48,55)(H,49,54). The molecule has 12 nitrogen and oxygen atoms in total. The molecule has 0 atom stereocenters. The quantitative estimate of drug-likeness (QED) is 0.0492. The molecule has 0 aromatic rings. The minimum absolute atomic E-state index is 0.168. The first kappa shape index (κ1) is 52.0. The van der Waals surface area contributed by atoms with Gasteiger partial charge in [0.15, 0.2) is 0 Å². The number of rotatable bonds is 35. The Labute approximate surface area is 358 Å². The summed E-state index contributed by atoms with van der Waals surface area (Å²) in [6.07, 6.45) is 31.2. The van der Waals surface area contributed by atoms with Crippen LogP contribution in [0.3, 0.4) is 0 Å². The molecule has 0 unspecified atom stereocenters. The molecule has 0 bridgehead atoms. The fraction of sp³-hybridized carbons (Fsp3) is 0.872. The molecule has 0 spiro atoms. The van der Waals surface area contributed by atoms with Crippen LogP contribution < -0.4 is 11.1 Å². The van der Waals surface area contributed by atoms with Crippen molar-refractivity contribution in [1.29, 1.82) is 0 Å². The number of nitrogens with two attached hydrogens (primary N) is 1. The molecule has 0 aliphatic heterocycles. The number of carbonyl (C=O) groups is 6. The Balaban J connectivity index is 2.23. The Morgan fingerprint density at radius 3 is 1.19 bits per heavy atom. The summed E-state index contributed by atoms with van der Waals surface area (Å²) in [7, 11) is 0. The summed E-state index contributed by atoms with van der Waals surface area (Å²) in [6, 6.07) is 0. The van der Waals surface area contributed by atoms with E-state index in [0.29, 0.717) is 44.4 Å². The SMILES string of the molecule is CCCCCCCCCCN(CC(=O)N(CCC1CCCCC1)CC(=O)N(CCCCCCCCCC)CC(=O)N(CCC1CCCCC1)CC(N)=O)C(=O)CNC=O. The van der Waals surface area contributed by atoms with Gasteiger partial charge in [0.25, 0.3) is 0 Å². The van der Waals surface area contributed by atoms with Gasteiger partial charge >= 0.3 is 0 Å². The van der Waals surface area contributed by atoms with Crippen molar-refractivity contribution < 1.29 is 28.8 Å². The lowest BCUT2D eigenvalue weighted by atomic mass is 9.87. The monoisotopic (exact) mass is 831 g/mol. The van der Waals surface area contributed by atoms with E-state index < -0.39 is 5.91 Å². The molecular formula is C47H86N6O6. The highest BCUT2D eigenvalue weighted by molar-refractivity contribution is 5.91. The summed E-state index contributed by atoms with van der Waals surface area (Å²) in [5.74, 6) is -0.794. The first-order chi connectivity index (χ1) is 28.7. The predicted octanol–water partition coefficient (Wildman–Crippen LogP) is 7.75. The molecule has 0 radical (unpaired) electrons. The van der Waals surface area contributed by atoms with E-state index in [0.717, 1.165) is 89.9 Å². The van der Waals surface area contributed by atoms with Gasteiger partial charge in [0.1, 0.15) is 0 Å². The Bertz CT molecular complexity index is 1170. The van der Waals surface area contributed by atoms with Crippen molar-refractivity contribution in [2.45, 2.75) is 194 Å². The maximum absolute atomic E-state index is 14.4. The smallest absolute Gasteiger partial charge is 0.242 e. The van der Waals surface area contributed by atoms with Gasteiger partial charge < -0.3 is 30.7 Å². The summed E-state index contributed by atoms with van der Waals surface area (Å²) < 4.78 is 0. The van der Waals surface area contributed by atoms with Crippen molar-refractivity contribution in [2.24, 2.45) is 17.6 Å². The van der Waals surface area contributed by atoms with Crippen LogP contribution in [0.5, 0.6) is 0 Å². The molecule has 0 aromatic carbocycles. The van der Waals surface area contributed by atoms with Crippen molar-refractivity contribution in [3.05, 3.63) is 0 Å². The van der Waals surface area contributed by atoms with Crippen LogP contribution in [-0.2, 0) is 28.8 Å². The average molecular weight is 831 g/mol. The Kier molecular flexibility index (Phi) is 29.5. The maximum atomic E-state index is 14.4. The number of carbonyl (C=O) groups excluding carboxylic acids is 6. The van der Waals surface area contributed by atoms with Gasteiger partial charge in [0.05, 0.1) is 32.7 Å². The Morgan fingerprint density at radius 2 is 0.814 bits per heavy atom. The fourth-order valence-corrected chi connectivity index (χ4v) is 8.89. The molecule has 2 saturated carbocycles. The van der Waals surface area contributed by atoms with E-state index in [-0.39, 0.29) is 56.4 Å². The molecule has 2 fully saturated rings. The topological polar surface area (TPSA) is 153 Å². The number of hydrogen-bond donors (Lipinski definition) is 2. The average Bonchev–Trinajstić information content (AvgIpc) is 3.24. The van der Waals surface area contributed by atoms with Gasteiger partial charge in [-0.2, -0.15) is 0 Å². The Morgan fingerprint density at radius 1 is 0.475 bits per heavy atom. The zero-order valence-corrected chi connectivity index (χ0v) is 37.7. The summed E-state index contributed by atoms with van der Waals surface area (Å²) in [4.78, 5) is 85.3. The number of nitrogens with one attached hydrogen (secondary N) is 1. The van der Waals surface area contributed by atoms with Gasteiger partial charge in [0, 0.05) is 26.2 Å². The van der Waals surface area contributed by atoms with E-state index in [2.05, 4.69) is 19.2 Å². The van der Waals surface area contributed by atoms with Gasteiger partial charge in [-0.25, -0.2) is 0 Å². The number of primary amides is 1. The van der Waals surface area contributed by atoms with E-state index in [9.17, 15) is 28.8 Å². The molecule has 6 amide bonds. The molecule has 0 heterocycles. The van der Waals surface area contributed by atoms with Crippen LogP contribution in [0, 0.1) is 11.8 Å². The zero-order valence-electron chi connectivity index (χ0n) is 37.7. The maximum Gasteiger partial charge on any atom is 0.242 e. The van der Waals surface area contributed by atoms with Crippen molar-refractivity contribution >= 4 is 35.9 Å². The normalized spacial score (nSPS) is 14.7. The molecule has 0 aromatic heterocycles. The molecule has 3 N–H and O–H groups in total. The van der Waals surface area contributed by atoms with Crippen molar-refractivity contribution in [1.82, 2.24) is 24.9 Å². The highest BCUT2D eigenvalue weighted by Crippen LogP contribution is 2.27. The Hall–Kier alpha value is -3.18. The van der Waals surface area contributed by atoms with Crippen LogP contribution in [0.25, 0.3) is 0 Å². The highest BCUT2D eigenvalue weighted by Gasteiger charge is 2.28. The van der Waals surface area contributed by atoms with E-state index in [4.69, 9.17) is 5.73 Å². The first-order valence-corrected chi connectivity index (χ1v) is 24.2. The van der Waals surface area contributed by atoms with E-state index in [1.54, 1.807) is 9.80 Å². The van der Waals surface area contributed by atoms with Crippen LogP contribution in [0.15, 0.2) is 0 Å². The van der Waals surface area contributed by atoms with E-state index in [1.807, 2.05) is 0 Å². The van der Waals surface area contributed by atoms with Gasteiger partial charge in [-0.3, -0.25) is 28.8 Å². The zero-order chi connectivity index (χ0) is 42.9. The van der Waals surface area contributed by atoms with Gasteiger partial charge in [-0.15, -0.1) is 0 Å². The largest absolute Gasteiger partial charge is 0.368 e. The lowest BCUT2D eigenvalue weighted by Crippen LogP contribution is -2.51. The molecule has 340 valence electrons. The van der Waals surface area contributed by atoms with Gasteiger partial charge in [0.2, 0.25) is 35.9 Å². The summed E-state index contributed by atoms with van der Waals surface area (Å²) in [5.41, 5.74) is 5.63. The molecular weight excluding hydrogens is 745 g/mol. The lowest BCUT2D eigenvalue weighted by Gasteiger charge is -2.32. The molecule has 12 heteroatoms. The highest BCUT2D eigenvalue weighted by atomic mass is 16.2. The number of hydrogen-bond acceptors (Lipinski definition) is 6.